The van der Waals surface area contributed by atoms with Crippen LogP contribution in [0.5, 0.6) is 5.88 Å². The maximum Gasteiger partial charge on any atom is 0.407 e. The van der Waals surface area contributed by atoms with Crippen LogP contribution < -0.4 is 10.1 Å². The first-order chi connectivity index (χ1) is 9.81. The molecule has 6 nitrogen and oxygen atoms in total. The number of rotatable bonds is 3. The van der Waals surface area contributed by atoms with E-state index in [-0.39, 0.29) is 5.28 Å². The van der Waals surface area contributed by atoms with Gasteiger partial charge in [-0.3, -0.25) is 0 Å². The maximum atomic E-state index is 11.4. The molecule has 1 rings (SSSR count). The van der Waals surface area contributed by atoms with Crippen LogP contribution in [0, 0.1) is 11.8 Å². The molecule has 21 heavy (non-hydrogen) atoms. The number of amides is 1. The molecule has 0 unspecified atom stereocenters. The van der Waals surface area contributed by atoms with E-state index in [1.165, 1.54) is 13.3 Å². The van der Waals surface area contributed by atoms with Crippen LogP contribution in [-0.2, 0) is 4.74 Å². The minimum atomic E-state index is -0.510. The third-order valence-electron chi connectivity index (χ3n) is 2.06. The number of ether oxygens (including phenoxy) is 2. The van der Waals surface area contributed by atoms with Gasteiger partial charge in [-0.05, 0) is 32.4 Å². The van der Waals surface area contributed by atoms with Crippen LogP contribution in [0.1, 0.15) is 32.8 Å². The molecule has 0 saturated carbocycles. The zero-order valence-corrected chi connectivity index (χ0v) is 13.2. The third-order valence-corrected chi connectivity index (χ3v) is 2.24. The average Bonchev–Trinajstić information content (AvgIpc) is 2.37. The molecular weight excluding hydrogens is 294 g/mol. The highest BCUT2D eigenvalue weighted by atomic mass is 35.5. The Morgan fingerprint density at radius 1 is 1.48 bits per heavy atom. The Balaban J connectivity index is 2.45. The molecule has 0 radical (unpaired) electrons. The van der Waals surface area contributed by atoms with Gasteiger partial charge in [0.05, 0.1) is 13.3 Å². The van der Waals surface area contributed by atoms with Crippen molar-refractivity contribution in [1.82, 2.24) is 15.3 Å². The lowest BCUT2D eigenvalue weighted by Crippen LogP contribution is -2.32. The molecule has 0 aliphatic rings. The van der Waals surface area contributed by atoms with E-state index in [4.69, 9.17) is 21.1 Å². The van der Waals surface area contributed by atoms with Gasteiger partial charge in [0, 0.05) is 13.0 Å². The predicted octanol–water partition coefficient (Wildman–Crippen LogP) is 2.40. The second-order valence-electron chi connectivity index (χ2n) is 5.04. The molecule has 1 amide bonds. The number of hydrogen-bond donors (Lipinski definition) is 1. The van der Waals surface area contributed by atoms with Gasteiger partial charge in [-0.15, -0.1) is 0 Å². The standard InChI is InChI=1S/C14H18ClN3O3/c1-14(2,3)21-13(19)16-8-6-5-7-10-9-17-12(15)18-11(10)20-4/h9H,6,8H2,1-4H3,(H,16,19). The quantitative estimate of drug-likeness (QED) is 0.527. The predicted molar refractivity (Wildman–Crippen MR) is 79.3 cm³/mol. The summed E-state index contributed by atoms with van der Waals surface area (Å²) in [4.78, 5) is 19.1. The van der Waals surface area contributed by atoms with Crippen molar-refractivity contribution >= 4 is 17.7 Å². The van der Waals surface area contributed by atoms with Crippen LogP contribution in [0.25, 0.3) is 0 Å². The Bertz CT molecular complexity index is 559. The first-order valence-corrected chi connectivity index (χ1v) is 6.72. The molecule has 1 aromatic heterocycles. The largest absolute Gasteiger partial charge is 0.480 e. The van der Waals surface area contributed by atoms with Crippen molar-refractivity contribution in [2.24, 2.45) is 0 Å². The maximum absolute atomic E-state index is 11.4. The Labute approximate surface area is 129 Å². The molecule has 0 bridgehead atoms. The smallest absolute Gasteiger partial charge is 0.407 e. The van der Waals surface area contributed by atoms with Gasteiger partial charge in [-0.1, -0.05) is 11.8 Å². The van der Waals surface area contributed by atoms with E-state index in [0.29, 0.717) is 24.4 Å². The molecule has 0 atom stereocenters. The number of methoxy groups -OCH3 is 1. The molecule has 0 fully saturated rings. The number of carbonyl (C=O) groups is 1. The summed E-state index contributed by atoms with van der Waals surface area (Å²) in [6.45, 7) is 5.80. The molecule has 0 spiro atoms. The summed E-state index contributed by atoms with van der Waals surface area (Å²) in [5.41, 5.74) is 0.0308. The highest BCUT2D eigenvalue weighted by molar-refractivity contribution is 6.28. The Morgan fingerprint density at radius 2 is 2.19 bits per heavy atom. The van der Waals surface area contributed by atoms with E-state index in [9.17, 15) is 4.79 Å². The summed E-state index contributed by atoms with van der Waals surface area (Å²) in [5, 5.41) is 2.72. The van der Waals surface area contributed by atoms with Gasteiger partial charge in [-0.25, -0.2) is 9.78 Å². The van der Waals surface area contributed by atoms with Gasteiger partial charge in [0.25, 0.3) is 0 Å². The monoisotopic (exact) mass is 311 g/mol. The van der Waals surface area contributed by atoms with Gasteiger partial charge < -0.3 is 14.8 Å². The summed E-state index contributed by atoms with van der Waals surface area (Å²) in [7, 11) is 1.48. The molecule has 0 aliphatic carbocycles. The van der Waals surface area contributed by atoms with Crippen LogP contribution in [0.2, 0.25) is 5.28 Å². The summed E-state index contributed by atoms with van der Waals surface area (Å²) >= 11 is 5.66. The summed E-state index contributed by atoms with van der Waals surface area (Å²) in [6, 6.07) is 0. The number of aromatic nitrogens is 2. The van der Waals surface area contributed by atoms with Crippen molar-refractivity contribution in [2.45, 2.75) is 32.8 Å². The van der Waals surface area contributed by atoms with Crippen molar-refractivity contribution in [3.05, 3.63) is 17.0 Å². The van der Waals surface area contributed by atoms with Crippen LogP contribution in [0.3, 0.4) is 0 Å². The Hall–Kier alpha value is -2.00. The summed E-state index contributed by atoms with van der Waals surface area (Å²) < 4.78 is 10.1. The van der Waals surface area contributed by atoms with E-state index >= 15 is 0 Å². The zero-order chi connectivity index (χ0) is 15.9. The zero-order valence-electron chi connectivity index (χ0n) is 12.5. The van der Waals surface area contributed by atoms with Crippen molar-refractivity contribution in [2.75, 3.05) is 13.7 Å². The Kier molecular flexibility index (Phi) is 6.25. The van der Waals surface area contributed by atoms with Crippen molar-refractivity contribution in [1.29, 1.82) is 0 Å². The van der Waals surface area contributed by atoms with Gasteiger partial charge in [0.15, 0.2) is 0 Å². The van der Waals surface area contributed by atoms with Crippen LogP contribution in [-0.4, -0.2) is 35.3 Å². The highest BCUT2D eigenvalue weighted by Crippen LogP contribution is 2.14. The first-order valence-electron chi connectivity index (χ1n) is 6.34. The van der Waals surface area contributed by atoms with E-state index in [0.717, 1.165) is 0 Å². The highest BCUT2D eigenvalue weighted by Gasteiger charge is 2.15. The van der Waals surface area contributed by atoms with Crippen LogP contribution in [0.15, 0.2) is 6.20 Å². The Morgan fingerprint density at radius 3 is 2.81 bits per heavy atom. The third kappa shape index (κ3) is 6.82. The topological polar surface area (TPSA) is 73.3 Å². The van der Waals surface area contributed by atoms with Crippen molar-refractivity contribution in [3.8, 4) is 17.7 Å². The molecule has 0 aliphatic heterocycles. The molecule has 0 aromatic carbocycles. The molecule has 1 aromatic rings. The lowest BCUT2D eigenvalue weighted by atomic mass is 10.2. The normalized spacial score (nSPS) is 10.3. The average molecular weight is 312 g/mol. The fraction of sp³-hybridized carbons (Fsp3) is 0.500. The van der Waals surface area contributed by atoms with Gasteiger partial charge >= 0.3 is 6.09 Å². The van der Waals surface area contributed by atoms with Crippen molar-refractivity contribution in [3.63, 3.8) is 0 Å². The molecule has 114 valence electrons. The van der Waals surface area contributed by atoms with Crippen LogP contribution in [0.4, 0.5) is 4.79 Å². The number of hydrogen-bond acceptors (Lipinski definition) is 5. The minimum absolute atomic E-state index is 0.101. The lowest BCUT2D eigenvalue weighted by molar-refractivity contribution is 0.0529. The molecule has 1 N–H and O–H groups in total. The fourth-order valence-electron chi connectivity index (χ4n) is 1.29. The second-order valence-corrected chi connectivity index (χ2v) is 5.38. The van der Waals surface area contributed by atoms with Gasteiger partial charge in [0.2, 0.25) is 11.2 Å². The number of halogens is 1. The molecule has 1 heterocycles. The number of nitrogens with one attached hydrogen (secondary N) is 1. The molecule has 7 heteroatoms. The van der Waals surface area contributed by atoms with E-state index in [1.807, 2.05) is 0 Å². The van der Waals surface area contributed by atoms with Crippen LogP contribution >= 0.6 is 11.6 Å². The second kappa shape index (κ2) is 7.70. The fourth-order valence-corrected chi connectivity index (χ4v) is 1.41. The molecule has 0 saturated heterocycles. The summed E-state index contributed by atoms with van der Waals surface area (Å²) in [5.74, 6) is 6.08. The lowest BCUT2D eigenvalue weighted by Gasteiger charge is -2.19. The first kappa shape index (κ1) is 17.1. The van der Waals surface area contributed by atoms with E-state index in [1.54, 1.807) is 20.8 Å². The number of nitrogens with zero attached hydrogens (tertiary/aromatic N) is 2. The van der Waals surface area contributed by atoms with Crippen molar-refractivity contribution < 1.29 is 14.3 Å². The molecular formula is C14H18ClN3O3. The van der Waals surface area contributed by atoms with Gasteiger partial charge in [0.1, 0.15) is 11.2 Å². The van der Waals surface area contributed by atoms with E-state index in [2.05, 4.69) is 27.1 Å². The number of alkyl carbamates (subject to hydrolysis) is 1. The number of carbonyl (C=O) groups excluding carboxylic acids is 1. The van der Waals surface area contributed by atoms with E-state index < -0.39 is 11.7 Å². The minimum Gasteiger partial charge on any atom is -0.480 e. The SMILES string of the molecule is COc1nc(Cl)ncc1C#CCCNC(=O)OC(C)(C)C. The van der Waals surface area contributed by atoms with Gasteiger partial charge in [-0.2, -0.15) is 4.98 Å². The summed E-state index contributed by atoms with van der Waals surface area (Å²) in [6.07, 6.45) is 1.49.